The molecule has 0 spiro atoms. The summed E-state index contributed by atoms with van der Waals surface area (Å²) >= 11 is 0. The van der Waals surface area contributed by atoms with Crippen molar-refractivity contribution in [1.29, 1.82) is 0 Å². The molecule has 0 aromatic heterocycles. The molecule has 1 aliphatic heterocycles. The molecule has 6 heteroatoms. The molecule has 5 nitrogen and oxygen atoms in total. The van der Waals surface area contributed by atoms with Crippen LogP contribution in [0.5, 0.6) is 0 Å². The van der Waals surface area contributed by atoms with E-state index in [1.807, 2.05) is 0 Å². The molecule has 0 radical (unpaired) electrons. The van der Waals surface area contributed by atoms with Crippen LogP contribution in [0, 0.1) is 5.82 Å². The minimum atomic E-state index is -0.578. The lowest BCUT2D eigenvalue weighted by molar-refractivity contribution is 0.176. The van der Waals surface area contributed by atoms with Gasteiger partial charge in [0.25, 0.3) is 0 Å². The van der Waals surface area contributed by atoms with E-state index in [-0.39, 0.29) is 11.7 Å². The van der Waals surface area contributed by atoms with Gasteiger partial charge < -0.3 is 10.1 Å². The van der Waals surface area contributed by atoms with E-state index < -0.39 is 6.09 Å². The van der Waals surface area contributed by atoms with Gasteiger partial charge in [-0.1, -0.05) is 18.2 Å². The van der Waals surface area contributed by atoms with Crippen molar-refractivity contribution in [3.05, 3.63) is 35.6 Å². The zero-order chi connectivity index (χ0) is 13.0. The first kappa shape index (κ1) is 12.3. The fraction of sp³-hybridized carbons (Fsp3) is 0.333. The number of halogens is 1. The van der Waals surface area contributed by atoms with Crippen molar-refractivity contribution in [2.75, 3.05) is 20.2 Å². The summed E-state index contributed by atoms with van der Waals surface area (Å²) in [5.41, 5.74) is 0.630. The number of benzene rings is 1. The molecule has 0 fully saturated rings. The third-order valence-electron chi connectivity index (χ3n) is 2.74. The summed E-state index contributed by atoms with van der Waals surface area (Å²) < 4.78 is 18.0. The molecule has 1 heterocycles. The van der Waals surface area contributed by atoms with Crippen molar-refractivity contribution in [3.63, 3.8) is 0 Å². The molecule has 2 N–H and O–H groups in total. The number of hydrogen-bond donors (Lipinski definition) is 2. The second kappa shape index (κ2) is 5.48. The van der Waals surface area contributed by atoms with Crippen LogP contribution in [-0.4, -0.2) is 32.3 Å². The van der Waals surface area contributed by atoms with Crippen LogP contribution in [0.25, 0.3) is 0 Å². The van der Waals surface area contributed by atoms with Gasteiger partial charge >= 0.3 is 6.09 Å². The number of aliphatic imine (C=N–C) groups is 1. The summed E-state index contributed by atoms with van der Waals surface area (Å²) in [5.74, 6) is 0.0905. The van der Waals surface area contributed by atoms with E-state index >= 15 is 0 Å². The Morgan fingerprint density at radius 3 is 2.94 bits per heavy atom. The van der Waals surface area contributed by atoms with E-state index in [0.717, 1.165) is 0 Å². The quantitative estimate of drug-likeness (QED) is 0.789. The van der Waals surface area contributed by atoms with Crippen LogP contribution in [0.15, 0.2) is 29.3 Å². The van der Waals surface area contributed by atoms with Gasteiger partial charge in [-0.2, -0.15) is 0 Å². The normalized spacial score (nSPS) is 18.6. The van der Waals surface area contributed by atoms with E-state index in [2.05, 4.69) is 20.4 Å². The summed E-state index contributed by atoms with van der Waals surface area (Å²) in [7, 11) is 1.28. The molecule has 2 rings (SSSR count). The van der Waals surface area contributed by atoms with Gasteiger partial charge in [0.15, 0.2) is 0 Å². The molecule has 1 atom stereocenters. The number of hydrogen-bond acceptors (Lipinski definition) is 4. The van der Waals surface area contributed by atoms with Crippen molar-refractivity contribution in [2.24, 2.45) is 4.99 Å². The topological polar surface area (TPSA) is 62.7 Å². The third-order valence-corrected chi connectivity index (χ3v) is 2.74. The van der Waals surface area contributed by atoms with Crippen molar-refractivity contribution in [1.82, 2.24) is 10.6 Å². The monoisotopic (exact) mass is 251 g/mol. The average Bonchev–Trinajstić information content (AvgIpc) is 2.40. The fourth-order valence-electron chi connectivity index (χ4n) is 1.79. The number of nitrogens with one attached hydrogen (secondary N) is 2. The predicted octanol–water partition coefficient (Wildman–Crippen LogP) is 1.22. The number of carbonyl (C=O) groups is 1. The predicted molar refractivity (Wildman–Crippen MR) is 65.0 cm³/mol. The zero-order valence-corrected chi connectivity index (χ0v) is 9.94. The summed E-state index contributed by atoms with van der Waals surface area (Å²) in [5, 5.41) is 5.37. The lowest BCUT2D eigenvalue weighted by Gasteiger charge is -2.23. The number of nitrogens with zero attached hydrogens (tertiary/aromatic N) is 1. The highest BCUT2D eigenvalue weighted by Crippen LogP contribution is 2.20. The number of methoxy groups -OCH3 is 1. The molecule has 1 aliphatic rings. The molecule has 96 valence electrons. The summed E-state index contributed by atoms with van der Waals surface area (Å²) in [6, 6.07) is 6.63. The van der Waals surface area contributed by atoms with Gasteiger partial charge in [0.2, 0.25) is 5.96 Å². The van der Waals surface area contributed by atoms with E-state index in [1.165, 1.54) is 13.2 Å². The molecular weight excluding hydrogens is 237 g/mol. The Morgan fingerprint density at radius 1 is 1.56 bits per heavy atom. The SMILES string of the molecule is COC(=O)NC1=NCC(c2ccccc2F)CN1. The van der Waals surface area contributed by atoms with Gasteiger partial charge in [0, 0.05) is 12.5 Å². The smallest absolute Gasteiger partial charge is 0.413 e. The number of ether oxygens (including phenoxy) is 1. The Bertz CT molecular complexity index is 476. The van der Waals surface area contributed by atoms with Crippen molar-refractivity contribution in [2.45, 2.75) is 5.92 Å². The molecule has 0 bridgehead atoms. The summed E-state index contributed by atoms with van der Waals surface area (Å²) in [6.07, 6.45) is -0.578. The second-order valence-corrected chi connectivity index (χ2v) is 3.91. The highest BCUT2D eigenvalue weighted by molar-refractivity contribution is 5.94. The molecular formula is C12H14FN3O2. The molecule has 0 saturated carbocycles. The molecule has 18 heavy (non-hydrogen) atoms. The fourth-order valence-corrected chi connectivity index (χ4v) is 1.79. The molecule has 0 aliphatic carbocycles. The first-order valence-electron chi connectivity index (χ1n) is 5.58. The van der Waals surface area contributed by atoms with Crippen LogP contribution in [0.2, 0.25) is 0 Å². The Hall–Kier alpha value is -2.11. The minimum absolute atomic E-state index is 0.0330. The first-order valence-corrected chi connectivity index (χ1v) is 5.58. The van der Waals surface area contributed by atoms with E-state index in [0.29, 0.717) is 24.6 Å². The molecule has 1 aromatic rings. The van der Waals surface area contributed by atoms with Gasteiger partial charge in [-0.15, -0.1) is 0 Å². The lowest BCUT2D eigenvalue weighted by atomic mass is 9.98. The number of amides is 1. The second-order valence-electron chi connectivity index (χ2n) is 3.91. The zero-order valence-electron chi connectivity index (χ0n) is 9.94. The number of rotatable bonds is 1. The van der Waals surface area contributed by atoms with Crippen LogP contribution in [0.1, 0.15) is 11.5 Å². The summed E-state index contributed by atoms with van der Waals surface area (Å²) in [4.78, 5) is 15.1. The molecule has 0 saturated heterocycles. The Labute approximate surface area is 104 Å². The minimum Gasteiger partial charge on any atom is -0.453 e. The lowest BCUT2D eigenvalue weighted by Crippen LogP contribution is -2.45. The molecule has 1 aromatic carbocycles. The standard InChI is InChI=1S/C12H14FN3O2/c1-18-12(17)16-11-14-6-8(7-15-11)9-4-2-3-5-10(9)13/h2-5,8H,6-7H2,1H3,(H2,14,15,16,17). The van der Waals surface area contributed by atoms with Gasteiger partial charge in [0.05, 0.1) is 13.7 Å². The average molecular weight is 251 g/mol. The summed E-state index contributed by atoms with van der Waals surface area (Å²) in [6.45, 7) is 0.941. The Morgan fingerprint density at radius 2 is 2.33 bits per heavy atom. The third kappa shape index (κ3) is 2.77. The van der Waals surface area contributed by atoms with Gasteiger partial charge in [-0.3, -0.25) is 10.3 Å². The van der Waals surface area contributed by atoms with Crippen molar-refractivity contribution in [3.8, 4) is 0 Å². The molecule has 1 amide bonds. The number of guanidine groups is 1. The van der Waals surface area contributed by atoms with E-state index in [4.69, 9.17) is 0 Å². The number of alkyl carbamates (subject to hydrolysis) is 1. The van der Waals surface area contributed by atoms with Crippen molar-refractivity contribution < 1.29 is 13.9 Å². The van der Waals surface area contributed by atoms with Crippen LogP contribution >= 0.6 is 0 Å². The van der Waals surface area contributed by atoms with Gasteiger partial charge in [0.1, 0.15) is 5.82 Å². The van der Waals surface area contributed by atoms with Gasteiger partial charge in [-0.25, -0.2) is 9.18 Å². The molecule has 1 unspecified atom stereocenters. The van der Waals surface area contributed by atoms with Crippen LogP contribution in [-0.2, 0) is 4.74 Å². The van der Waals surface area contributed by atoms with Crippen LogP contribution < -0.4 is 10.6 Å². The number of carbonyl (C=O) groups excluding carboxylic acids is 1. The Kier molecular flexibility index (Phi) is 3.76. The highest BCUT2D eigenvalue weighted by Gasteiger charge is 2.20. The van der Waals surface area contributed by atoms with Gasteiger partial charge in [-0.05, 0) is 11.6 Å². The maximum Gasteiger partial charge on any atom is 0.413 e. The highest BCUT2D eigenvalue weighted by atomic mass is 19.1. The van der Waals surface area contributed by atoms with E-state index in [9.17, 15) is 9.18 Å². The van der Waals surface area contributed by atoms with Crippen LogP contribution in [0.4, 0.5) is 9.18 Å². The van der Waals surface area contributed by atoms with E-state index in [1.54, 1.807) is 18.2 Å². The maximum absolute atomic E-state index is 13.6. The first-order chi connectivity index (χ1) is 8.70. The maximum atomic E-state index is 13.6. The van der Waals surface area contributed by atoms with Crippen LogP contribution in [0.3, 0.4) is 0 Å². The Balaban J connectivity index is 2.02. The van der Waals surface area contributed by atoms with Crippen molar-refractivity contribution >= 4 is 12.1 Å². The largest absolute Gasteiger partial charge is 0.453 e.